The SMILES string of the molecule is CC(=O)Nc1ccn(C2CCN(Cc3cn(C)nc3C)C2)n1. The molecule has 7 heteroatoms. The number of rotatable bonds is 4. The van der Waals surface area contributed by atoms with Crippen molar-refractivity contribution >= 4 is 11.7 Å². The number of carbonyl (C=O) groups excluding carboxylic acids is 1. The summed E-state index contributed by atoms with van der Waals surface area (Å²) in [5.41, 5.74) is 2.38. The number of hydrogen-bond acceptors (Lipinski definition) is 4. The highest BCUT2D eigenvalue weighted by Crippen LogP contribution is 2.24. The number of likely N-dealkylation sites (tertiary alicyclic amines) is 1. The molecule has 0 aromatic carbocycles. The third-order valence-corrected chi connectivity index (χ3v) is 4.04. The van der Waals surface area contributed by atoms with Crippen LogP contribution in [0, 0.1) is 6.92 Å². The van der Waals surface area contributed by atoms with Crippen molar-refractivity contribution in [3.63, 3.8) is 0 Å². The van der Waals surface area contributed by atoms with Crippen molar-refractivity contribution in [1.29, 1.82) is 0 Å². The van der Waals surface area contributed by atoms with Gasteiger partial charge in [0.15, 0.2) is 5.82 Å². The first-order chi connectivity index (χ1) is 10.5. The second kappa shape index (κ2) is 5.92. The number of hydrogen-bond donors (Lipinski definition) is 1. The molecule has 1 amide bonds. The molecule has 1 fully saturated rings. The van der Waals surface area contributed by atoms with Gasteiger partial charge in [0.05, 0.1) is 11.7 Å². The van der Waals surface area contributed by atoms with Crippen molar-refractivity contribution in [1.82, 2.24) is 24.5 Å². The predicted molar refractivity (Wildman–Crippen MR) is 83.4 cm³/mol. The van der Waals surface area contributed by atoms with Gasteiger partial charge in [-0.15, -0.1) is 0 Å². The Hall–Kier alpha value is -2.15. The fourth-order valence-corrected chi connectivity index (χ4v) is 3.00. The van der Waals surface area contributed by atoms with E-state index < -0.39 is 0 Å². The van der Waals surface area contributed by atoms with E-state index in [9.17, 15) is 4.79 Å². The van der Waals surface area contributed by atoms with Crippen molar-refractivity contribution in [2.24, 2.45) is 7.05 Å². The topological polar surface area (TPSA) is 68.0 Å². The van der Waals surface area contributed by atoms with Crippen LogP contribution in [-0.4, -0.2) is 43.5 Å². The lowest BCUT2D eigenvalue weighted by atomic mass is 10.2. The van der Waals surface area contributed by atoms with E-state index in [1.165, 1.54) is 12.5 Å². The van der Waals surface area contributed by atoms with E-state index in [2.05, 4.69) is 33.5 Å². The molecule has 1 atom stereocenters. The van der Waals surface area contributed by atoms with E-state index in [0.717, 1.165) is 31.7 Å². The van der Waals surface area contributed by atoms with Crippen LogP contribution >= 0.6 is 0 Å². The van der Waals surface area contributed by atoms with Crippen LogP contribution in [0.1, 0.15) is 30.6 Å². The van der Waals surface area contributed by atoms with Crippen LogP contribution in [0.25, 0.3) is 0 Å². The zero-order chi connectivity index (χ0) is 15.7. The molecule has 0 aliphatic carbocycles. The molecule has 0 spiro atoms. The lowest BCUT2D eigenvalue weighted by molar-refractivity contribution is -0.114. The summed E-state index contributed by atoms with van der Waals surface area (Å²) in [6.07, 6.45) is 5.10. The molecular weight excluding hydrogens is 280 g/mol. The molecule has 22 heavy (non-hydrogen) atoms. The Bertz CT molecular complexity index is 673. The fourth-order valence-electron chi connectivity index (χ4n) is 3.00. The molecule has 7 nitrogen and oxygen atoms in total. The lowest BCUT2D eigenvalue weighted by Gasteiger charge is -2.15. The normalized spacial score (nSPS) is 18.8. The van der Waals surface area contributed by atoms with Crippen LogP contribution in [-0.2, 0) is 18.4 Å². The Labute approximate surface area is 129 Å². The largest absolute Gasteiger partial charge is 0.309 e. The summed E-state index contributed by atoms with van der Waals surface area (Å²) in [5, 5.41) is 11.5. The summed E-state index contributed by atoms with van der Waals surface area (Å²) in [5.74, 6) is 0.527. The zero-order valence-corrected chi connectivity index (χ0v) is 13.3. The summed E-state index contributed by atoms with van der Waals surface area (Å²) >= 11 is 0. The molecule has 0 saturated carbocycles. The average Bonchev–Trinajstić information content (AvgIpc) is 3.11. The molecule has 3 rings (SSSR count). The molecule has 1 aliphatic heterocycles. The standard InChI is InChI=1S/C15H22N6O/c1-11-13(8-19(3)17-11)9-20-6-4-14(10-20)21-7-5-15(18-21)16-12(2)22/h5,7-8,14H,4,6,9-10H2,1-3H3,(H,16,18,22). The molecule has 2 aromatic heterocycles. The van der Waals surface area contributed by atoms with Gasteiger partial charge in [-0.05, 0) is 13.3 Å². The van der Waals surface area contributed by atoms with Crippen LogP contribution in [0.3, 0.4) is 0 Å². The third-order valence-electron chi connectivity index (χ3n) is 4.04. The highest BCUT2D eigenvalue weighted by atomic mass is 16.1. The number of nitrogens with zero attached hydrogens (tertiary/aromatic N) is 5. The summed E-state index contributed by atoms with van der Waals surface area (Å²) in [6.45, 7) is 6.49. The minimum absolute atomic E-state index is 0.0923. The van der Waals surface area contributed by atoms with Gasteiger partial charge in [-0.1, -0.05) is 0 Å². The molecule has 1 saturated heterocycles. The van der Waals surface area contributed by atoms with Gasteiger partial charge in [0.2, 0.25) is 5.91 Å². The van der Waals surface area contributed by atoms with Gasteiger partial charge in [0.25, 0.3) is 0 Å². The lowest BCUT2D eigenvalue weighted by Crippen LogP contribution is -2.21. The molecule has 0 bridgehead atoms. The van der Waals surface area contributed by atoms with Gasteiger partial charge in [-0.3, -0.25) is 19.1 Å². The second-order valence-electron chi connectivity index (χ2n) is 5.95. The van der Waals surface area contributed by atoms with Gasteiger partial charge in [0.1, 0.15) is 0 Å². The number of carbonyl (C=O) groups is 1. The maximum Gasteiger partial charge on any atom is 0.222 e. The zero-order valence-electron chi connectivity index (χ0n) is 13.3. The average molecular weight is 302 g/mol. The van der Waals surface area contributed by atoms with E-state index >= 15 is 0 Å². The number of aromatic nitrogens is 4. The highest BCUT2D eigenvalue weighted by molar-refractivity contribution is 5.87. The first-order valence-corrected chi connectivity index (χ1v) is 7.55. The number of anilines is 1. The number of nitrogens with one attached hydrogen (secondary N) is 1. The van der Waals surface area contributed by atoms with Crippen molar-refractivity contribution < 1.29 is 4.79 Å². The predicted octanol–water partition coefficient (Wildman–Crippen LogP) is 1.33. The Morgan fingerprint density at radius 2 is 2.27 bits per heavy atom. The fraction of sp³-hybridized carbons (Fsp3) is 0.533. The van der Waals surface area contributed by atoms with E-state index in [4.69, 9.17) is 0 Å². The highest BCUT2D eigenvalue weighted by Gasteiger charge is 2.25. The van der Waals surface area contributed by atoms with Gasteiger partial charge in [0, 0.05) is 57.6 Å². The van der Waals surface area contributed by atoms with Gasteiger partial charge in [-0.2, -0.15) is 10.2 Å². The van der Waals surface area contributed by atoms with E-state index in [1.807, 2.05) is 28.7 Å². The Morgan fingerprint density at radius 3 is 2.95 bits per heavy atom. The van der Waals surface area contributed by atoms with Crippen LogP contribution in [0.2, 0.25) is 0 Å². The number of amides is 1. The third kappa shape index (κ3) is 3.19. The molecule has 1 N–H and O–H groups in total. The van der Waals surface area contributed by atoms with E-state index in [1.54, 1.807) is 0 Å². The minimum Gasteiger partial charge on any atom is -0.309 e. The quantitative estimate of drug-likeness (QED) is 0.925. The number of aryl methyl sites for hydroxylation is 2. The second-order valence-corrected chi connectivity index (χ2v) is 5.95. The monoisotopic (exact) mass is 302 g/mol. The first kappa shape index (κ1) is 14.8. The van der Waals surface area contributed by atoms with E-state index in [0.29, 0.717) is 11.9 Å². The summed E-state index contributed by atoms with van der Waals surface area (Å²) in [4.78, 5) is 13.5. The van der Waals surface area contributed by atoms with E-state index in [-0.39, 0.29) is 5.91 Å². The summed E-state index contributed by atoms with van der Waals surface area (Å²) in [7, 11) is 1.95. The maximum absolute atomic E-state index is 11.1. The maximum atomic E-state index is 11.1. The Kier molecular flexibility index (Phi) is 3.98. The Balaban J connectivity index is 1.61. The summed E-state index contributed by atoms with van der Waals surface area (Å²) < 4.78 is 3.83. The van der Waals surface area contributed by atoms with Crippen LogP contribution in [0.15, 0.2) is 18.5 Å². The van der Waals surface area contributed by atoms with Crippen molar-refractivity contribution in [2.75, 3.05) is 18.4 Å². The molecule has 0 radical (unpaired) electrons. The van der Waals surface area contributed by atoms with Gasteiger partial charge >= 0.3 is 0 Å². The summed E-state index contributed by atoms with van der Waals surface area (Å²) in [6, 6.07) is 2.20. The molecular formula is C15H22N6O. The van der Waals surface area contributed by atoms with Crippen LogP contribution in [0.4, 0.5) is 5.82 Å². The van der Waals surface area contributed by atoms with Gasteiger partial charge < -0.3 is 5.32 Å². The van der Waals surface area contributed by atoms with Crippen LogP contribution < -0.4 is 5.32 Å². The molecule has 3 heterocycles. The van der Waals surface area contributed by atoms with Crippen molar-refractivity contribution in [3.05, 3.63) is 29.7 Å². The molecule has 1 unspecified atom stereocenters. The Morgan fingerprint density at radius 1 is 1.45 bits per heavy atom. The molecule has 1 aliphatic rings. The first-order valence-electron chi connectivity index (χ1n) is 7.55. The van der Waals surface area contributed by atoms with Crippen molar-refractivity contribution in [2.45, 2.75) is 32.9 Å². The molecule has 118 valence electrons. The van der Waals surface area contributed by atoms with Crippen LogP contribution in [0.5, 0.6) is 0 Å². The molecule has 2 aromatic rings. The van der Waals surface area contributed by atoms with Gasteiger partial charge in [-0.25, -0.2) is 0 Å². The van der Waals surface area contributed by atoms with Crippen molar-refractivity contribution in [3.8, 4) is 0 Å². The smallest absolute Gasteiger partial charge is 0.222 e. The minimum atomic E-state index is -0.0923.